The number of nitrogens with two attached hydrogens (primary N) is 1. The monoisotopic (exact) mass is 505 g/mol. The molecule has 2 aromatic rings. The maximum atomic E-state index is 13.6. The summed E-state index contributed by atoms with van der Waals surface area (Å²) in [6, 6.07) is 5.93. The highest BCUT2D eigenvalue weighted by Gasteiger charge is 2.31. The van der Waals surface area contributed by atoms with Crippen molar-refractivity contribution in [2.45, 2.75) is 38.4 Å². The number of aldehydes is 1. The van der Waals surface area contributed by atoms with Crippen molar-refractivity contribution >= 4 is 12.2 Å². The second kappa shape index (κ2) is 14.5. The van der Waals surface area contributed by atoms with Crippen molar-refractivity contribution in [2.75, 3.05) is 26.7 Å². The summed E-state index contributed by atoms with van der Waals surface area (Å²) < 4.78 is 75.8. The van der Waals surface area contributed by atoms with Crippen LogP contribution in [-0.4, -0.2) is 49.8 Å². The first-order chi connectivity index (χ1) is 16.4. The molecule has 0 aliphatic rings. The zero-order valence-electron chi connectivity index (χ0n) is 19.5. The number of rotatable bonds is 10. The summed E-state index contributed by atoms with van der Waals surface area (Å²) in [4.78, 5) is 24.2. The van der Waals surface area contributed by atoms with Gasteiger partial charge in [-0.3, -0.25) is 4.79 Å². The number of alkyl halides is 3. The van der Waals surface area contributed by atoms with Crippen LogP contribution in [0.2, 0.25) is 0 Å². The number of carbonyl (C=O) groups is 2. The van der Waals surface area contributed by atoms with Gasteiger partial charge in [-0.25, -0.2) is 13.2 Å². The molecule has 1 atom stereocenters. The van der Waals surface area contributed by atoms with Crippen molar-refractivity contribution < 1.29 is 35.9 Å². The molecule has 1 amide bonds. The average Bonchev–Trinajstić information content (AvgIpc) is 2.77. The van der Waals surface area contributed by atoms with Crippen molar-refractivity contribution in [3.8, 4) is 0 Å². The third kappa shape index (κ3) is 10.5. The van der Waals surface area contributed by atoms with E-state index in [2.05, 4.69) is 5.32 Å². The number of nitrogens with zero attached hydrogens (tertiary/aromatic N) is 1. The first-order valence-electron chi connectivity index (χ1n) is 10.8. The Morgan fingerprint density at radius 1 is 1.11 bits per heavy atom. The van der Waals surface area contributed by atoms with E-state index < -0.39 is 35.2 Å². The van der Waals surface area contributed by atoms with Crippen molar-refractivity contribution in [1.82, 2.24) is 10.2 Å². The minimum Gasteiger partial charge on any atom is -0.336 e. The van der Waals surface area contributed by atoms with Crippen LogP contribution in [0, 0.1) is 24.4 Å². The summed E-state index contributed by atoms with van der Waals surface area (Å²) >= 11 is 0. The normalized spacial score (nSPS) is 11.9. The predicted octanol–water partition coefficient (Wildman–Crippen LogP) is 4.01. The fraction of sp³-hybridized carbons (Fsp3) is 0.417. The van der Waals surface area contributed by atoms with Gasteiger partial charge >= 0.3 is 6.18 Å². The Balaban J connectivity index is 0.000000462. The Morgan fingerprint density at radius 2 is 1.74 bits per heavy atom. The van der Waals surface area contributed by atoms with Gasteiger partial charge in [0.2, 0.25) is 5.91 Å². The van der Waals surface area contributed by atoms with Crippen LogP contribution in [0.15, 0.2) is 36.4 Å². The fourth-order valence-electron chi connectivity index (χ4n) is 3.17. The Kier molecular flexibility index (Phi) is 12.5. The zero-order chi connectivity index (χ0) is 26.6. The Bertz CT molecular complexity index is 969. The van der Waals surface area contributed by atoms with Gasteiger partial charge < -0.3 is 20.7 Å². The van der Waals surface area contributed by atoms with Crippen molar-refractivity contribution in [2.24, 2.45) is 5.73 Å². The van der Waals surface area contributed by atoms with E-state index in [1.807, 2.05) is 0 Å². The molecule has 0 spiro atoms. The van der Waals surface area contributed by atoms with Crippen LogP contribution in [0.1, 0.15) is 29.5 Å². The van der Waals surface area contributed by atoms with Gasteiger partial charge in [0.1, 0.15) is 12.1 Å². The van der Waals surface area contributed by atoms with E-state index >= 15 is 0 Å². The number of hydrogen-bond acceptors (Lipinski definition) is 4. The molecule has 0 unspecified atom stereocenters. The Morgan fingerprint density at radius 3 is 2.29 bits per heavy atom. The largest absolute Gasteiger partial charge is 0.416 e. The SMILES string of the molecule is CNCCCN(CC=O)C(=O)C[C@H](N)Cc1cc(F)c(F)cc1F.Cc1ccccc1C(F)(F)F. The van der Waals surface area contributed by atoms with Crippen LogP contribution in [0.5, 0.6) is 0 Å². The minimum atomic E-state index is -4.22. The molecular weight excluding hydrogens is 476 g/mol. The molecule has 0 aliphatic carbocycles. The standard InChI is InChI=1S/C16H22F3N3O2.C8H7F3/c1-21-3-2-4-22(5-6-23)16(24)9-12(20)7-11-8-14(18)15(19)10-13(11)17;1-6-4-2-3-5-7(6)8(9,10)11/h6,8,10,12,21H,2-5,7,9,20H2,1H3;2-5H,1H3/t12-;/m1./s1. The van der Waals surface area contributed by atoms with Crippen LogP contribution in [-0.2, 0) is 22.2 Å². The van der Waals surface area contributed by atoms with Gasteiger partial charge in [0.05, 0.1) is 12.1 Å². The highest BCUT2D eigenvalue weighted by Crippen LogP contribution is 2.31. The molecule has 0 aromatic heterocycles. The number of carbonyl (C=O) groups excluding carboxylic acids is 2. The lowest BCUT2D eigenvalue weighted by molar-refractivity contribution is -0.138. The van der Waals surface area contributed by atoms with E-state index in [0.717, 1.165) is 12.1 Å². The van der Waals surface area contributed by atoms with Gasteiger partial charge in [0, 0.05) is 25.1 Å². The topological polar surface area (TPSA) is 75.4 Å². The summed E-state index contributed by atoms with van der Waals surface area (Å²) in [7, 11) is 1.78. The summed E-state index contributed by atoms with van der Waals surface area (Å²) in [6.45, 7) is 2.48. The second-order valence-electron chi connectivity index (χ2n) is 7.80. The number of hydrogen-bond donors (Lipinski definition) is 2. The van der Waals surface area contributed by atoms with Crippen molar-refractivity contribution in [3.05, 3.63) is 70.5 Å². The van der Waals surface area contributed by atoms with E-state index in [-0.39, 0.29) is 36.4 Å². The maximum Gasteiger partial charge on any atom is 0.416 e. The molecule has 2 rings (SSSR count). The lowest BCUT2D eigenvalue weighted by atomic mass is 10.0. The molecule has 35 heavy (non-hydrogen) atoms. The van der Waals surface area contributed by atoms with Gasteiger partial charge in [0.25, 0.3) is 0 Å². The Labute approximate surface area is 200 Å². The fourth-order valence-corrected chi connectivity index (χ4v) is 3.17. The number of aryl methyl sites for hydroxylation is 1. The number of amides is 1. The van der Waals surface area contributed by atoms with Gasteiger partial charge in [-0.15, -0.1) is 0 Å². The molecule has 194 valence electrons. The van der Waals surface area contributed by atoms with E-state index in [0.29, 0.717) is 31.9 Å². The number of nitrogens with one attached hydrogen (secondary N) is 1. The summed E-state index contributed by atoms with van der Waals surface area (Å²) in [5.41, 5.74) is 5.44. The van der Waals surface area contributed by atoms with Crippen LogP contribution in [0.3, 0.4) is 0 Å². The lowest BCUT2D eigenvalue weighted by Gasteiger charge is -2.22. The molecule has 0 aliphatic heterocycles. The highest BCUT2D eigenvalue weighted by molar-refractivity contribution is 5.79. The first kappa shape index (κ1) is 30.1. The van der Waals surface area contributed by atoms with E-state index in [4.69, 9.17) is 5.73 Å². The molecule has 3 N–H and O–H groups in total. The van der Waals surface area contributed by atoms with Crippen LogP contribution < -0.4 is 11.1 Å². The van der Waals surface area contributed by atoms with Crippen molar-refractivity contribution in [1.29, 1.82) is 0 Å². The van der Waals surface area contributed by atoms with E-state index in [9.17, 15) is 35.9 Å². The quantitative estimate of drug-likeness (QED) is 0.222. The second-order valence-corrected chi connectivity index (χ2v) is 7.80. The molecule has 0 heterocycles. The molecule has 2 aromatic carbocycles. The summed E-state index contributed by atoms with van der Waals surface area (Å²) in [5.74, 6) is -3.69. The Hall–Kier alpha value is -2.92. The molecule has 0 fully saturated rings. The number of benzene rings is 2. The zero-order valence-corrected chi connectivity index (χ0v) is 19.5. The van der Waals surface area contributed by atoms with Gasteiger partial charge in [-0.1, -0.05) is 18.2 Å². The smallest absolute Gasteiger partial charge is 0.336 e. The predicted molar refractivity (Wildman–Crippen MR) is 120 cm³/mol. The molecule has 0 radical (unpaired) electrons. The minimum absolute atomic E-state index is 0.0468. The van der Waals surface area contributed by atoms with Crippen LogP contribution in [0.25, 0.3) is 0 Å². The third-order valence-corrected chi connectivity index (χ3v) is 4.96. The average molecular weight is 506 g/mol. The van der Waals surface area contributed by atoms with Gasteiger partial charge in [0.15, 0.2) is 11.6 Å². The third-order valence-electron chi connectivity index (χ3n) is 4.96. The molecule has 0 saturated heterocycles. The molecular formula is C24H29F6N3O2. The maximum absolute atomic E-state index is 13.6. The van der Waals surface area contributed by atoms with Gasteiger partial charge in [-0.05, 0) is 56.6 Å². The summed E-state index contributed by atoms with van der Waals surface area (Å²) in [5, 5.41) is 2.93. The molecule has 0 bridgehead atoms. The lowest BCUT2D eigenvalue weighted by Crippen LogP contribution is -2.39. The van der Waals surface area contributed by atoms with E-state index in [1.54, 1.807) is 13.1 Å². The summed E-state index contributed by atoms with van der Waals surface area (Å²) in [6.07, 6.45) is -3.15. The van der Waals surface area contributed by atoms with Gasteiger partial charge in [-0.2, -0.15) is 13.2 Å². The number of halogens is 6. The van der Waals surface area contributed by atoms with E-state index in [1.165, 1.54) is 24.0 Å². The van der Waals surface area contributed by atoms with Crippen molar-refractivity contribution in [3.63, 3.8) is 0 Å². The van der Waals surface area contributed by atoms with Crippen LogP contribution >= 0.6 is 0 Å². The van der Waals surface area contributed by atoms with Crippen LogP contribution in [0.4, 0.5) is 26.3 Å². The highest BCUT2D eigenvalue weighted by atomic mass is 19.4. The molecule has 5 nitrogen and oxygen atoms in total. The molecule has 11 heteroatoms. The molecule has 0 saturated carbocycles. The first-order valence-corrected chi connectivity index (χ1v) is 10.8.